The van der Waals surface area contributed by atoms with Crippen LogP contribution in [0.1, 0.15) is 11.2 Å². The molecule has 144 valence electrons. The summed E-state index contributed by atoms with van der Waals surface area (Å²) in [6, 6.07) is 9.88. The van der Waals surface area contributed by atoms with E-state index in [1.54, 1.807) is 18.2 Å². The number of phenolic OH excluding ortho intramolecular Hbond substituents is 1. The minimum absolute atomic E-state index is 0.0457. The number of rotatable bonds is 5. The standard InChI is InChI=1S/C18H16N4O6/c1-20-14-5-3-2-4-12(14)17(25)21(18(20)26)16(24)8-9-19-13-10-11(22(27)28)6-7-15(13)23/h2-7,10,19,23H,8-9H2,1H3. The highest BCUT2D eigenvalue weighted by Gasteiger charge is 2.17. The summed E-state index contributed by atoms with van der Waals surface area (Å²) in [7, 11) is 1.47. The number of phenols is 1. The van der Waals surface area contributed by atoms with Crippen molar-refractivity contribution >= 4 is 28.2 Å². The van der Waals surface area contributed by atoms with E-state index in [0.29, 0.717) is 10.1 Å². The molecule has 2 N–H and O–H groups in total. The lowest BCUT2D eigenvalue weighted by molar-refractivity contribution is -0.384. The Morgan fingerprint density at radius 2 is 1.93 bits per heavy atom. The number of aromatic nitrogens is 2. The van der Waals surface area contributed by atoms with Crippen molar-refractivity contribution in [3.63, 3.8) is 0 Å². The summed E-state index contributed by atoms with van der Waals surface area (Å²) in [5.74, 6) is -0.953. The van der Waals surface area contributed by atoms with E-state index < -0.39 is 22.1 Å². The number of hydrogen-bond acceptors (Lipinski definition) is 7. The highest BCUT2D eigenvalue weighted by Crippen LogP contribution is 2.27. The molecule has 1 heterocycles. The number of aromatic hydroxyl groups is 1. The number of nitrogens with zero attached hydrogens (tertiary/aromatic N) is 3. The Labute approximate surface area is 157 Å². The second-order valence-corrected chi connectivity index (χ2v) is 6.03. The summed E-state index contributed by atoms with van der Waals surface area (Å²) in [5.41, 5.74) is -1.21. The Bertz CT molecular complexity index is 1210. The molecular formula is C18H16N4O6. The van der Waals surface area contributed by atoms with Gasteiger partial charge in [0.15, 0.2) is 0 Å². The first-order valence-electron chi connectivity index (χ1n) is 8.26. The molecule has 2 aromatic carbocycles. The molecule has 0 amide bonds. The lowest BCUT2D eigenvalue weighted by Gasteiger charge is -2.11. The molecule has 0 bridgehead atoms. The van der Waals surface area contributed by atoms with Crippen molar-refractivity contribution in [1.82, 2.24) is 9.13 Å². The number of nitrogens with one attached hydrogen (secondary N) is 1. The van der Waals surface area contributed by atoms with Crippen LogP contribution in [0.4, 0.5) is 11.4 Å². The van der Waals surface area contributed by atoms with E-state index in [1.165, 1.54) is 17.7 Å². The smallest absolute Gasteiger partial charge is 0.338 e. The SMILES string of the molecule is Cn1c(=O)n(C(=O)CCNc2cc([N+](=O)[O-])ccc2O)c(=O)c2ccccc21. The average Bonchev–Trinajstić information content (AvgIpc) is 2.67. The van der Waals surface area contributed by atoms with E-state index in [0.717, 1.165) is 18.2 Å². The number of para-hydroxylation sites is 1. The van der Waals surface area contributed by atoms with Gasteiger partial charge in [0.1, 0.15) is 5.75 Å². The Kier molecular flexibility index (Phi) is 4.94. The van der Waals surface area contributed by atoms with Crippen LogP contribution in [0.5, 0.6) is 5.75 Å². The van der Waals surface area contributed by atoms with Crippen LogP contribution >= 0.6 is 0 Å². The molecule has 0 saturated carbocycles. The van der Waals surface area contributed by atoms with Gasteiger partial charge in [-0.1, -0.05) is 12.1 Å². The summed E-state index contributed by atoms with van der Waals surface area (Å²) in [6.45, 7) is -0.0457. The van der Waals surface area contributed by atoms with Gasteiger partial charge in [0, 0.05) is 32.1 Å². The van der Waals surface area contributed by atoms with Gasteiger partial charge in [-0.05, 0) is 18.2 Å². The second kappa shape index (κ2) is 7.35. The van der Waals surface area contributed by atoms with Crippen molar-refractivity contribution in [2.24, 2.45) is 7.05 Å². The molecule has 0 unspecified atom stereocenters. The lowest BCUT2D eigenvalue weighted by Crippen LogP contribution is -2.43. The van der Waals surface area contributed by atoms with E-state index in [1.807, 2.05) is 0 Å². The van der Waals surface area contributed by atoms with Crippen molar-refractivity contribution in [3.8, 4) is 5.75 Å². The maximum absolute atomic E-state index is 12.5. The summed E-state index contributed by atoms with van der Waals surface area (Å²) in [4.78, 5) is 47.6. The zero-order valence-electron chi connectivity index (χ0n) is 14.8. The highest BCUT2D eigenvalue weighted by molar-refractivity contribution is 5.84. The van der Waals surface area contributed by atoms with E-state index in [-0.39, 0.29) is 35.5 Å². The minimum atomic E-state index is -0.758. The summed E-state index contributed by atoms with van der Waals surface area (Å²) < 4.78 is 1.78. The zero-order chi connectivity index (χ0) is 20.4. The van der Waals surface area contributed by atoms with Crippen molar-refractivity contribution in [1.29, 1.82) is 0 Å². The minimum Gasteiger partial charge on any atom is -0.506 e. The predicted molar refractivity (Wildman–Crippen MR) is 102 cm³/mol. The molecule has 3 rings (SSSR count). The Morgan fingerprint density at radius 1 is 1.21 bits per heavy atom. The van der Waals surface area contributed by atoms with Crippen molar-refractivity contribution in [2.45, 2.75) is 6.42 Å². The molecule has 0 radical (unpaired) electrons. The number of non-ortho nitro benzene ring substituents is 1. The number of fused-ring (bicyclic) bond motifs is 1. The summed E-state index contributed by atoms with van der Waals surface area (Å²) in [6.07, 6.45) is -0.240. The van der Waals surface area contributed by atoms with Gasteiger partial charge in [-0.15, -0.1) is 0 Å². The monoisotopic (exact) mass is 384 g/mol. The van der Waals surface area contributed by atoms with Crippen LogP contribution in [0.2, 0.25) is 0 Å². The number of hydrogen-bond donors (Lipinski definition) is 2. The van der Waals surface area contributed by atoms with Crippen LogP contribution in [-0.2, 0) is 7.05 Å². The topological polar surface area (TPSA) is 136 Å². The number of carbonyl (C=O) groups is 1. The first-order chi connectivity index (χ1) is 13.3. The van der Waals surface area contributed by atoms with E-state index in [2.05, 4.69) is 5.32 Å². The molecular weight excluding hydrogens is 368 g/mol. The molecule has 0 aliphatic rings. The van der Waals surface area contributed by atoms with E-state index in [9.17, 15) is 29.6 Å². The average molecular weight is 384 g/mol. The van der Waals surface area contributed by atoms with Crippen LogP contribution in [0.3, 0.4) is 0 Å². The number of aryl methyl sites for hydroxylation is 1. The van der Waals surface area contributed by atoms with Gasteiger partial charge >= 0.3 is 5.69 Å². The Balaban J connectivity index is 1.84. The van der Waals surface area contributed by atoms with Crippen molar-refractivity contribution in [3.05, 3.63) is 73.4 Å². The van der Waals surface area contributed by atoms with Gasteiger partial charge in [-0.2, -0.15) is 4.57 Å². The van der Waals surface area contributed by atoms with Crippen molar-refractivity contribution in [2.75, 3.05) is 11.9 Å². The summed E-state index contributed by atoms with van der Waals surface area (Å²) in [5, 5.41) is 23.5. The van der Waals surface area contributed by atoms with Crippen LogP contribution in [0, 0.1) is 10.1 Å². The van der Waals surface area contributed by atoms with Gasteiger partial charge in [0.2, 0.25) is 5.91 Å². The third-order valence-electron chi connectivity index (χ3n) is 4.27. The Hall–Kier alpha value is -3.95. The molecule has 0 fully saturated rings. The molecule has 10 nitrogen and oxygen atoms in total. The van der Waals surface area contributed by atoms with Crippen molar-refractivity contribution < 1.29 is 14.8 Å². The molecule has 0 aliphatic carbocycles. The van der Waals surface area contributed by atoms with Gasteiger partial charge in [-0.3, -0.25) is 24.3 Å². The molecule has 28 heavy (non-hydrogen) atoms. The molecule has 3 aromatic rings. The number of nitro benzene ring substituents is 1. The predicted octanol–water partition coefficient (Wildman–Crippen LogP) is 1.46. The first kappa shape index (κ1) is 18.8. The fraction of sp³-hybridized carbons (Fsp3) is 0.167. The molecule has 0 aliphatic heterocycles. The quantitative estimate of drug-likeness (QED) is 0.386. The fourth-order valence-corrected chi connectivity index (χ4v) is 2.82. The number of anilines is 1. The molecule has 0 spiro atoms. The third-order valence-corrected chi connectivity index (χ3v) is 4.27. The van der Waals surface area contributed by atoms with Gasteiger partial charge < -0.3 is 10.4 Å². The van der Waals surface area contributed by atoms with Crippen LogP contribution in [0.15, 0.2) is 52.1 Å². The van der Waals surface area contributed by atoms with Crippen LogP contribution in [-0.4, -0.2) is 31.6 Å². The maximum atomic E-state index is 12.5. The van der Waals surface area contributed by atoms with E-state index in [4.69, 9.17) is 0 Å². The Morgan fingerprint density at radius 3 is 2.64 bits per heavy atom. The van der Waals surface area contributed by atoms with Gasteiger partial charge in [0.05, 0.1) is 21.5 Å². The number of nitro groups is 1. The maximum Gasteiger partial charge on any atom is 0.338 e. The number of carbonyl (C=O) groups excluding carboxylic acids is 1. The van der Waals surface area contributed by atoms with Crippen LogP contribution < -0.4 is 16.6 Å². The largest absolute Gasteiger partial charge is 0.506 e. The first-order valence-corrected chi connectivity index (χ1v) is 8.26. The fourth-order valence-electron chi connectivity index (χ4n) is 2.82. The van der Waals surface area contributed by atoms with Gasteiger partial charge in [-0.25, -0.2) is 4.79 Å². The summed E-state index contributed by atoms with van der Waals surface area (Å²) >= 11 is 0. The molecule has 0 saturated heterocycles. The van der Waals surface area contributed by atoms with Gasteiger partial charge in [0.25, 0.3) is 11.2 Å². The highest BCUT2D eigenvalue weighted by atomic mass is 16.6. The molecule has 1 aromatic heterocycles. The zero-order valence-corrected chi connectivity index (χ0v) is 14.8. The molecule has 10 heteroatoms. The third kappa shape index (κ3) is 3.34. The normalized spacial score (nSPS) is 10.8. The second-order valence-electron chi connectivity index (χ2n) is 6.03. The van der Waals surface area contributed by atoms with E-state index >= 15 is 0 Å². The number of benzene rings is 2. The van der Waals surface area contributed by atoms with Crippen LogP contribution in [0.25, 0.3) is 10.9 Å². The lowest BCUT2D eigenvalue weighted by atomic mass is 10.2. The molecule has 0 atom stereocenters.